The predicted molar refractivity (Wildman–Crippen MR) is 154 cm³/mol. The lowest BCUT2D eigenvalue weighted by molar-refractivity contribution is -0.160. The van der Waals surface area contributed by atoms with Gasteiger partial charge in [-0.3, -0.25) is 4.99 Å². The van der Waals surface area contributed by atoms with Gasteiger partial charge in [0.15, 0.2) is 11.6 Å². The van der Waals surface area contributed by atoms with E-state index in [2.05, 4.69) is 4.72 Å². The number of fused-ring (bicyclic) bond motifs is 1. The molecule has 2 atom stereocenters. The molecule has 1 aliphatic rings. The minimum atomic E-state index is -4.22. The molecule has 0 radical (unpaired) electrons. The van der Waals surface area contributed by atoms with Gasteiger partial charge in [0, 0.05) is 16.7 Å². The third kappa shape index (κ3) is 5.54. The number of hydrogen-bond donors (Lipinski definition) is 1. The molecule has 1 N–H and O–H groups in total. The SMILES string of the molecule is CCOC(=O)[C@]1([C@H](N=C(c2ccccc2)c2ccccc2)C(=O)OCc2ccccc2)NS(=O)(=O)c2ccccc21. The van der Waals surface area contributed by atoms with Crippen LogP contribution in [0.1, 0.15) is 29.2 Å². The van der Waals surface area contributed by atoms with E-state index in [1.165, 1.54) is 12.1 Å². The number of benzene rings is 4. The normalized spacial score (nSPS) is 17.6. The minimum Gasteiger partial charge on any atom is -0.464 e. The molecule has 8 nitrogen and oxygen atoms in total. The summed E-state index contributed by atoms with van der Waals surface area (Å²) in [6.07, 6.45) is 0. The van der Waals surface area contributed by atoms with E-state index in [0.29, 0.717) is 22.4 Å². The number of nitrogens with zero attached hydrogens (tertiary/aromatic N) is 1. The number of ether oxygens (including phenoxy) is 2. The predicted octanol–water partition coefficient (Wildman–Crippen LogP) is 4.39. The molecule has 4 aromatic rings. The van der Waals surface area contributed by atoms with E-state index in [9.17, 15) is 18.0 Å². The molecule has 5 rings (SSSR count). The molecule has 4 aromatic carbocycles. The Morgan fingerprint density at radius 2 is 1.32 bits per heavy atom. The van der Waals surface area contributed by atoms with E-state index in [0.717, 1.165) is 0 Å². The monoisotopic (exact) mass is 568 g/mol. The molecule has 1 heterocycles. The van der Waals surface area contributed by atoms with Crippen LogP contribution in [0.4, 0.5) is 0 Å². The number of aliphatic imine (C=N–C) groups is 1. The van der Waals surface area contributed by atoms with Gasteiger partial charge in [0.1, 0.15) is 6.61 Å². The number of nitrogens with one attached hydrogen (secondary N) is 1. The van der Waals surface area contributed by atoms with Crippen molar-refractivity contribution in [1.29, 1.82) is 0 Å². The van der Waals surface area contributed by atoms with E-state index in [4.69, 9.17) is 14.5 Å². The quantitative estimate of drug-likeness (QED) is 0.237. The van der Waals surface area contributed by atoms with Gasteiger partial charge in [-0.1, -0.05) is 109 Å². The maximum absolute atomic E-state index is 14.1. The largest absolute Gasteiger partial charge is 0.464 e. The minimum absolute atomic E-state index is 0.0514. The fourth-order valence-corrected chi connectivity index (χ4v) is 6.45. The second-order valence-corrected chi connectivity index (χ2v) is 11.0. The summed E-state index contributed by atoms with van der Waals surface area (Å²) in [6.45, 7) is 1.45. The number of hydrogen-bond acceptors (Lipinski definition) is 7. The Bertz CT molecular complexity index is 1630. The first-order valence-corrected chi connectivity index (χ1v) is 14.5. The Labute approximate surface area is 238 Å². The van der Waals surface area contributed by atoms with Crippen molar-refractivity contribution in [2.24, 2.45) is 4.99 Å². The molecule has 0 fully saturated rings. The third-order valence-corrected chi connectivity index (χ3v) is 8.23. The van der Waals surface area contributed by atoms with Crippen LogP contribution in [0, 0.1) is 0 Å². The van der Waals surface area contributed by atoms with E-state index in [1.54, 1.807) is 31.2 Å². The van der Waals surface area contributed by atoms with Crippen molar-refractivity contribution in [3.05, 3.63) is 138 Å². The first kappa shape index (κ1) is 27.9. The lowest BCUT2D eigenvalue weighted by Gasteiger charge is -2.32. The van der Waals surface area contributed by atoms with E-state index >= 15 is 0 Å². The third-order valence-electron chi connectivity index (χ3n) is 6.70. The number of carbonyl (C=O) groups is 2. The van der Waals surface area contributed by atoms with Gasteiger partial charge in [-0.2, -0.15) is 4.72 Å². The lowest BCUT2D eigenvalue weighted by Crippen LogP contribution is -2.58. The Balaban J connectivity index is 1.75. The summed E-state index contributed by atoms with van der Waals surface area (Å²) in [5.41, 5.74) is 0.256. The fraction of sp³-hybridized carbons (Fsp3) is 0.156. The molecular weight excluding hydrogens is 540 g/mol. The van der Waals surface area contributed by atoms with Gasteiger partial charge in [-0.25, -0.2) is 18.0 Å². The summed E-state index contributed by atoms with van der Waals surface area (Å²) < 4.78 is 40.4. The molecule has 0 aliphatic carbocycles. The highest BCUT2D eigenvalue weighted by molar-refractivity contribution is 7.90. The Morgan fingerprint density at radius 1 is 0.780 bits per heavy atom. The molecule has 0 amide bonds. The zero-order valence-corrected chi connectivity index (χ0v) is 23.1. The van der Waals surface area contributed by atoms with Gasteiger partial charge in [0.05, 0.1) is 17.2 Å². The van der Waals surface area contributed by atoms with E-state index in [1.807, 2.05) is 78.9 Å². The second-order valence-electron chi connectivity index (χ2n) is 9.34. The van der Waals surface area contributed by atoms with Crippen LogP contribution in [0.25, 0.3) is 0 Å². The van der Waals surface area contributed by atoms with Crippen molar-refractivity contribution < 1.29 is 27.5 Å². The lowest BCUT2D eigenvalue weighted by atomic mass is 9.83. The van der Waals surface area contributed by atoms with Crippen molar-refractivity contribution in [2.75, 3.05) is 6.61 Å². The maximum Gasteiger partial charge on any atom is 0.334 e. The molecule has 41 heavy (non-hydrogen) atoms. The van der Waals surface area contributed by atoms with Gasteiger partial charge in [0.2, 0.25) is 10.0 Å². The van der Waals surface area contributed by atoms with Crippen molar-refractivity contribution in [3.63, 3.8) is 0 Å². The topological polar surface area (TPSA) is 111 Å². The first-order valence-electron chi connectivity index (χ1n) is 13.1. The first-order chi connectivity index (χ1) is 19.9. The molecule has 208 valence electrons. The molecule has 1 aliphatic heterocycles. The molecule has 9 heteroatoms. The van der Waals surface area contributed by atoms with E-state index in [-0.39, 0.29) is 23.7 Å². The standard InChI is InChI=1S/C32H28N2O6S/c1-2-39-31(36)32(26-20-12-13-21-27(26)41(37,38)34-32)29(30(35)40-22-23-14-6-3-7-15-23)33-28(24-16-8-4-9-17-24)25-18-10-5-11-19-25/h3-21,29,34H,2,22H2,1H3/t29-,32+/m1/s1. The van der Waals surface area contributed by atoms with Gasteiger partial charge in [-0.05, 0) is 18.6 Å². The summed E-state index contributed by atoms with van der Waals surface area (Å²) in [4.78, 5) is 32.7. The van der Waals surface area contributed by atoms with Crippen molar-refractivity contribution in [2.45, 2.75) is 30.0 Å². The average molecular weight is 569 g/mol. The number of rotatable bonds is 9. The number of esters is 2. The average Bonchev–Trinajstić information content (AvgIpc) is 3.25. The molecule has 0 unspecified atom stereocenters. The van der Waals surface area contributed by atoms with Crippen molar-refractivity contribution in [3.8, 4) is 0 Å². The molecule has 0 bridgehead atoms. The molecule has 0 spiro atoms. The number of carbonyl (C=O) groups excluding carboxylic acids is 2. The van der Waals surface area contributed by atoms with Crippen LogP contribution in [0.15, 0.2) is 125 Å². The van der Waals surface area contributed by atoms with Crippen molar-refractivity contribution >= 4 is 27.7 Å². The van der Waals surface area contributed by atoms with Crippen LogP contribution >= 0.6 is 0 Å². The van der Waals surface area contributed by atoms with Gasteiger partial charge in [0.25, 0.3) is 0 Å². The van der Waals surface area contributed by atoms with Crippen LogP contribution in [-0.4, -0.2) is 38.7 Å². The van der Waals surface area contributed by atoms with Crippen LogP contribution in [0.3, 0.4) is 0 Å². The van der Waals surface area contributed by atoms with Gasteiger partial charge < -0.3 is 9.47 Å². The smallest absolute Gasteiger partial charge is 0.334 e. The molecular formula is C32H28N2O6S. The molecule has 0 saturated carbocycles. The van der Waals surface area contributed by atoms with Crippen LogP contribution in [-0.2, 0) is 41.2 Å². The Kier molecular flexibility index (Phi) is 8.09. The highest BCUT2D eigenvalue weighted by Crippen LogP contribution is 2.41. The number of sulfonamides is 1. The Morgan fingerprint density at radius 3 is 1.90 bits per heavy atom. The summed E-state index contributed by atoms with van der Waals surface area (Å²) in [5, 5.41) is 0. The Hall–Kier alpha value is -4.60. The fourth-order valence-electron chi connectivity index (χ4n) is 4.83. The summed E-state index contributed by atoms with van der Waals surface area (Å²) in [7, 11) is -4.22. The second kappa shape index (κ2) is 11.9. The highest BCUT2D eigenvalue weighted by Gasteiger charge is 2.61. The summed E-state index contributed by atoms with van der Waals surface area (Å²) in [5.74, 6) is -1.86. The zero-order valence-electron chi connectivity index (χ0n) is 22.3. The van der Waals surface area contributed by atoms with Crippen molar-refractivity contribution in [1.82, 2.24) is 4.72 Å². The maximum atomic E-state index is 14.1. The van der Waals surface area contributed by atoms with Crippen LogP contribution < -0.4 is 4.72 Å². The van der Waals surface area contributed by atoms with Crippen LogP contribution in [0.2, 0.25) is 0 Å². The molecule has 0 saturated heterocycles. The van der Waals surface area contributed by atoms with E-state index < -0.39 is 33.5 Å². The zero-order chi connectivity index (χ0) is 28.9. The van der Waals surface area contributed by atoms with Gasteiger partial charge >= 0.3 is 11.9 Å². The summed E-state index contributed by atoms with van der Waals surface area (Å²) >= 11 is 0. The molecule has 0 aromatic heterocycles. The highest BCUT2D eigenvalue weighted by atomic mass is 32.2. The van der Waals surface area contributed by atoms with Gasteiger partial charge in [-0.15, -0.1) is 0 Å². The van der Waals surface area contributed by atoms with Crippen LogP contribution in [0.5, 0.6) is 0 Å². The summed E-state index contributed by atoms with van der Waals surface area (Å²) in [6, 6.07) is 31.6.